The summed E-state index contributed by atoms with van der Waals surface area (Å²) in [5, 5.41) is 12.8. The standard InChI is InChI=1S/C18H30N6OS/c1-11(2)9-15(25)19-7-8-24-17-14(10-20-24)16(21-12(3)4)22-18(23-17)26-13(5)6/h10-13H,7-9H2,1-6H3,(H,19,25)(H,21,22,23). The van der Waals surface area contributed by atoms with Crippen LogP contribution in [0.1, 0.15) is 48.0 Å². The lowest BCUT2D eigenvalue weighted by Crippen LogP contribution is -2.28. The van der Waals surface area contributed by atoms with Crippen molar-refractivity contribution < 1.29 is 4.79 Å². The molecule has 0 spiro atoms. The fourth-order valence-corrected chi connectivity index (χ4v) is 3.19. The molecule has 0 aliphatic rings. The molecule has 1 amide bonds. The molecule has 0 bridgehead atoms. The van der Waals surface area contributed by atoms with E-state index in [0.717, 1.165) is 22.0 Å². The van der Waals surface area contributed by atoms with Crippen LogP contribution in [0.15, 0.2) is 11.4 Å². The second-order valence-electron chi connectivity index (χ2n) is 7.37. The van der Waals surface area contributed by atoms with Crippen molar-refractivity contribution in [1.82, 2.24) is 25.1 Å². The number of aromatic nitrogens is 4. The van der Waals surface area contributed by atoms with Crippen molar-refractivity contribution in [2.24, 2.45) is 5.92 Å². The van der Waals surface area contributed by atoms with Crippen molar-refractivity contribution in [3.63, 3.8) is 0 Å². The average molecular weight is 379 g/mol. The summed E-state index contributed by atoms with van der Waals surface area (Å²) in [6.45, 7) is 13.6. The number of nitrogens with zero attached hydrogens (tertiary/aromatic N) is 4. The zero-order chi connectivity index (χ0) is 19.3. The molecular weight excluding hydrogens is 348 g/mol. The molecular formula is C18H30N6OS. The molecule has 0 atom stereocenters. The topological polar surface area (TPSA) is 84.7 Å². The molecule has 0 saturated heterocycles. The predicted octanol–water partition coefficient (Wildman–Crippen LogP) is 3.31. The van der Waals surface area contributed by atoms with Gasteiger partial charge in [0.15, 0.2) is 10.8 Å². The molecule has 2 aromatic heterocycles. The summed E-state index contributed by atoms with van der Waals surface area (Å²) in [5.74, 6) is 1.24. The molecule has 0 fully saturated rings. The highest BCUT2D eigenvalue weighted by Gasteiger charge is 2.15. The van der Waals surface area contributed by atoms with Gasteiger partial charge in [-0.15, -0.1) is 0 Å². The highest BCUT2D eigenvalue weighted by atomic mass is 32.2. The van der Waals surface area contributed by atoms with Crippen LogP contribution in [0.5, 0.6) is 0 Å². The third-order valence-corrected chi connectivity index (χ3v) is 4.35. The molecule has 0 saturated carbocycles. The molecule has 2 N–H and O–H groups in total. The second kappa shape index (κ2) is 9.21. The van der Waals surface area contributed by atoms with Gasteiger partial charge in [-0.25, -0.2) is 14.6 Å². The zero-order valence-corrected chi connectivity index (χ0v) is 17.4. The number of anilines is 1. The maximum atomic E-state index is 11.8. The maximum Gasteiger partial charge on any atom is 0.220 e. The lowest BCUT2D eigenvalue weighted by molar-refractivity contribution is -0.121. The smallest absolute Gasteiger partial charge is 0.220 e. The third kappa shape index (κ3) is 5.86. The first-order valence-corrected chi connectivity index (χ1v) is 10.1. The Morgan fingerprint density at radius 3 is 2.54 bits per heavy atom. The van der Waals surface area contributed by atoms with E-state index in [4.69, 9.17) is 0 Å². The van der Waals surface area contributed by atoms with Crippen molar-refractivity contribution in [2.45, 2.75) is 71.0 Å². The molecule has 7 nitrogen and oxygen atoms in total. The van der Waals surface area contributed by atoms with Crippen molar-refractivity contribution >= 4 is 34.5 Å². The van der Waals surface area contributed by atoms with E-state index in [0.29, 0.717) is 30.7 Å². The van der Waals surface area contributed by atoms with Crippen molar-refractivity contribution in [2.75, 3.05) is 11.9 Å². The van der Waals surface area contributed by atoms with Crippen LogP contribution < -0.4 is 10.6 Å². The van der Waals surface area contributed by atoms with Gasteiger partial charge in [-0.2, -0.15) is 5.10 Å². The Bertz CT molecular complexity index is 741. The van der Waals surface area contributed by atoms with E-state index in [-0.39, 0.29) is 11.9 Å². The first-order chi connectivity index (χ1) is 12.3. The van der Waals surface area contributed by atoms with Gasteiger partial charge in [0, 0.05) is 24.3 Å². The monoisotopic (exact) mass is 378 g/mol. The van der Waals surface area contributed by atoms with Gasteiger partial charge in [0.1, 0.15) is 5.82 Å². The van der Waals surface area contributed by atoms with E-state index in [1.807, 2.05) is 18.5 Å². The average Bonchev–Trinajstić information content (AvgIpc) is 2.88. The van der Waals surface area contributed by atoms with Gasteiger partial charge >= 0.3 is 0 Å². The minimum atomic E-state index is 0.0734. The van der Waals surface area contributed by atoms with Crippen molar-refractivity contribution in [1.29, 1.82) is 0 Å². The normalized spacial score (nSPS) is 11.7. The lowest BCUT2D eigenvalue weighted by Gasteiger charge is -2.13. The number of thioether (sulfide) groups is 1. The van der Waals surface area contributed by atoms with Crippen LogP contribution >= 0.6 is 11.8 Å². The van der Waals surface area contributed by atoms with E-state index in [1.54, 1.807) is 18.0 Å². The number of carbonyl (C=O) groups excluding carboxylic acids is 1. The summed E-state index contributed by atoms with van der Waals surface area (Å²) in [4.78, 5) is 21.2. The van der Waals surface area contributed by atoms with E-state index in [1.165, 1.54) is 0 Å². The summed E-state index contributed by atoms with van der Waals surface area (Å²) in [7, 11) is 0. The SMILES string of the molecule is CC(C)CC(=O)NCCn1ncc2c(NC(C)C)nc(SC(C)C)nc21. The van der Waals surface area contributed by atoms with Crippen LogP contribution in [-0.4, -0.2) is 43.5 Å². The summed E-state index contributed by atoms with van der Waals surface area (Å²) in [6, 6.07) is 0.267. The van der Waals surface area contributed by atoms with Gasteiger partial charge in [-0.05, 0) is 19.8 Å². The first kappa shape index (κ1) is 20.5. The number of carbonyl (C=O) groups is 1. The van der Waals surface area contributed by atoms with Gasteiger partial charge in [0.2, 0.25) is 5.91 Å². The third-order valence-electron chi connectivity index (χ3n) is 3.48. The van der Waals surface area contributed by atoms with Crippen LogP contribution in [0, 0.1) is 5.92 Å². The summed E-state index contributed by atoms with van der Waals surface area (Å²) >= 11 is 1.63. The minimum absolute atomic E-state index is 0.0734. The Morgan fingerprint density at radius 1 is 1.19 bits per heavy atom. The highest BCUT2D eigenvalue weighted by molar-refractivity contribution is 7.99. The Kier molecular flexibility index (Phi) is 7.25. The van der Waals surface area contributed by atoms with Gasteiger partial charge in [0.25, 0.3) is 0 Å². The molecule has 8 heteroatoms. The Balaban J connectivity index is 2.20. The fraction of sp³-hybridized carbons (Fsp3) is 0.667. The molecule has 26 heavy (non-hydrogen) atoms. The number of fused-ring (bicyclic) bond motifs is 1. The van der Waals surface area contributed by atoms with E-state index >= 15 is 0 Å². The second-order valence-corrected chi connectivity index (χ2v) is 8.92. The van der Waals surface area contributed by atoms with Crippen LogP contribution in [0.4, 0.5) is 5.82 Å². The van der Waals surface area contributed by atoms with Crippen LogP contribution in [0.3, 0.4) is 0 Å². The fourth-order valence-electron chi connectivity index (χ4n) is 2.49. The number of hydrogen-bond donors (Lipinski definition) is 2. The molecule has 144 valence electrons. The Hall–Kier alpha value is -1.83. The maximum absolute atomic E-state index is 11.8. The van der Waals surface area contributed by atoms with Crippen LogP contribution in [0.2, 0.25) is 0 Å². The molecule has 0 unspecified atom stereocenters. The number of hydrogen-bond acceptors (Lipinski definition) is 6. The van der Waals surface area contributed by atoms with Gasteiger partial charge in [0.05, 0.1) is 18.1 Å². The molecule has 0 radical (unpaired) electrons. The largest absolute Gasteiger partial charge is 0.367 e. The van der Waals surface area contributed by atoms with E-state index in [9.17, 15) is 4.79 Å². The van der Waals surface area contributed by atoms with E-state index in [2.05, 4.69) is 53.4 Å². The molecule has 2 aromatic rings. The highest BCUT2D eigenvalue weighted by Crippen LogP contribution is 2.26. The number of amides is 1. The first-order valence-electron chi connectivity index (χ1n) is 9.19. The van der Waals surface area contributed by atoms with Crippen molar-refractivity contribution in [3.05, 3.63) is 6.20 Å². The van der Waals surface area contributed by atoms with E-state index < -0.39 is 0 Å². The summed E-state index contributed by atoms with van der Waals surface area (Å²) in [5.41, 5.74) is 0.796. The Labute approximate surface area is 159 Å². The molecule has 0 aliphatic carbocycles. The molecule has 0 aliphatic heterocycles. The molecule has 0 aromatic carbocycles. The summed E-state index contributed by atoms with van der Waals surface area (Å²) in [6.07, 6.45) is 2.33. The quantitative estimate of drug-likeness (QED) is 0.514. The van der Waals surface area contributed by atoms with Crippen LogP contribution in [-0.2, 0) is 11.3 Å². The molecule has 2 heterocycles. The number of nitrogens with one attached hydrogen (secondary N) is 2. The van der Waals surface area contributed by atoms with Gasteiger partial charge < -0.3 is 10.6 Å². The molecule has 2 rings (SSSR count). The Morgan fingerprint density at radius 2 is 1.92 bits per heavy atom. The van der Waals surface area contributed by atoms with Crippen molar-refractivity contribution in [3.8, 4) is 0 Å². The van der Waals surface area contributed by atoms with Crippen LogP contribution in [0.25, 0.3) is 11.0 Å². The zero-order valence-electron chi connectivity index (χ0n) is 16.5. The lowest BCUT2D eigenvalue weighted by atomic mass is 10.1. The van der Waals surface area contributed by atoms with Gasteiger partial charge in [-0.1, -0.05) is 39.5 Å². The minimum Gasteiger partial charge on any atom is -0.367 e. The number of rotatable bonds is 9. The van der Waals surface area contributed by atoms with Gasteiger partial charge in [-0.3, -0.25) is 4.79 Å². The summed E-state index contributed by atoms with van der Waals surface area (Å²) < 4.78 is 1.84. The predicted molar refractivity (Wildman–Crippen MR) is 108 cm³/mol.